The number of hydrogen-bond acceptors (Lipinski definition) is 9. The van der Waals surface area contributed by atoms with Gasteiger partial charge in [0.15, 0.2) is 6.29 Å². The van der Waals surface area contributed by atoms with E-state index in [1.54, 1.807) is 5.48 Å². The predicted molar refractivity (Wildman–Crippen MR) is 187 cm³/mol. The summed E-state index contributed by atoms with van der Waals surface area (Å²) < 4.78 is 13.2. The number of hydroxylamine groups is 1. The van der Waals surface area contributed by atoms with Gasteiger partial charge in [-0.05, 0) is 61.1 Å². The van der Waals surface area contributed by atoms with E-state index in [1.165, 1.54) is 0 Å². The van der Waals surface area contributed by atoms with Crippen molar-refractivity contribution in [2.45, 2.75) is 82.0 Å². The molecule has 3 atom stereocenters. The van der Waals surface area contributed by atoms with Gasteiger partial charge < -0.3 is 35.0 Å². The van der Waals surface area contributed by atoms with Crippen LogP contribution in [0.2, 0.25) is 0 Å². The standard InChI is InChI=1S/C38H47N5O7/c44-25-27-14-16-28(17-15-27)33-23-32(24-42-20-18-38(19-21-42)37(47)39-26-43(38)31-10-3-1-4-11-31)49-36(50-33)29-8-7-9-30(22-29)40-34(45)12-5-2-6-13-35(46)41-48/h1,3-4,7-11,14-17,22,32-33,36,44,48H,2,5-6,12-13,18-21,23-26H2,(H,39,47)(H,40,45)(H,41,46)/t32-,33+,36+/m0/s1. The fourth-order valence-electron chi connectivity index (χ4n) is 7.25. The summed E-state index contributed by atoms with van der Waals surface area (Å²) in [6, 6.07) is 25.4. The first kappa shape index (κ1) is 35.5. The summed E-state index contributed by atoms with van der Waals surface area (Å²) in [6.07, 6.45) is 3.46. The fraction of sp³-hybridized carbons (Fsp3) is 0.447. The summed E-state index contributed by atoms with van der Waals surface area (Å²) in [5.41, 5.74) is 5.37. The van der Waals surface area contributed by atoms with Gasteiger partial charge >= 0.3 is 0 Å². The van der Waals surface area contributed by atoms with E-state index in [0.29, 0.717) is 63.8 Å². The monoisotopic (exact) mass is 685 g/mol. The molecule has 0 unspecified atom stereocenters. The minimum absolute atomic E-state index is 0.0320. The Morgan fingerprint density at radius 1 is 0.880 bits per heavy atom. The van der Waals surface area contributed by atoms with Crippen LogP contribution in [-0.4, -0.2) is 70.9 Å². The van der Waals surface area contributed by atoms with Crippen molar-refractivity contribution in [3.8, 4) is 0 Å². The molecule has 0 bridgehead atoms. The number of ether oxygens (including phenoxy) is 2. The van der Waals surface area contributed by atoms with Gasteiger partial charge in [-0.1, -0.05) is 61.0 Å². The maximum atomic E-state index is 13.2. The summed E-state index contributed by atoms with van der Waals surface area (Å²) in [5, 5.41) is 24.3. The number of carbonyl (C=O) groups is 3. The lowest BCUT2D eigenvalue weighted by atomic mass is 9.85. The second kappa shape index (κ2) is 16.6. The minimum atomic E-state index is -0.670. The van der Waals surface area contributed by atoms with E-state index in [9.17, 15) is 19.5 Å². The highest BCUT2D eigenvalue weighted by molar-refractivity contribution is 5.93. The highest BCUT2D eigenvalue weighted by Gasteiger charge is 2.50. The Morgan fingerprint density at radius 2 is 1.62 bits per heavy atom. The molecule has 0 radical (unpaired) electrons. The van der Waals surface area contributed by atoms with Crippen molar-refractivity contribution in [2.24, 2.45) is 0 Å². The summed E-state index contributed by atoms with van der Waals surface area (Å²) in [4.78, 5) is 41.7. The van der Waals surface area contributed by atoms with Gasteiger partial charge in [0.25, 0.3) is 0 Å². The zero-order valence-electron chi connectivity index (χ0n) is 28.3. The van der Waals surface area contributed by atoms with Crippen molar-refractivity contribution in [3.63, 3.8) is 0 Å². The van der Waals surface area contributed by atoms with E-state index in [-0.39, 0.29) is 37.0 Å². The molecule has 3 heterocycles. The zero-order chi connectivity index (χ0) is 34.9. The number of benzene rings is 3. The van der Waals surface area contributed by atoms with Crippen LogP contribution < -0.4 is 21.0 Å². The molecule has 3 aromatic rings. The number of likely N-dealkylation sites (tertiary alicyclic amines) is 1. The first-order valence-electron chi connectivity index (χ1n) is 17.5. The molecule has 3 aliphatic heterocycles. The second-order valence-electron chi connectivity index (χ2n) is 13.4. The molecule has 3 aromatic carbocycles. The fourth-order valence-corrected chi connectivity index (χ4v) is 7.25. The van der Waals surface area contributed by atoms with Gasteiger partial charge in [0.05, 0.1) is 25.5 Å². The SMILES string of the molecule is O=C(CCCCCC(=O)Nc1cccc([C@@H]2O[C@H](CN3CCC4(CC3)C(=O)NCN4c3ccccc3)C[C@H](c3ccc(CO)cc3)O2)c1)NO. The minimum Gasteiger partial charge on any atom is -0.392 e. The molecule has 50 heavy (non-hydrogen) atoms. The third-order valence-corrected chi connectivity index (χ3v) is 10.0. The molecular weight excluding hydrogens is 638 g/mol. The molecule has 0 aromatic heterocycles. The second-order valence-corrected chi connectivity index (χ2v) is 13.4. The molecule has 0 aliphatic carbocycles. The van der Waals surface area contributed by atoms with Gasteiger partial charge in [0.1, 0.15) is 5.54 Å². The maximum absolute atomic E-state index is 13.2. The van der Waals surface area contributed by atoms with Gasteiger partial charge in [-0.15, -0.1) is 0 Å². The summed E-state index contributed by atoms with van der Waals surface area (Å²) in [6.45, 7) is 2.68. The summed E-state index contributed by atoms with van der Waals surface area (Å²) in [5.74, 6) is -0.458. The third-order valence-electron chi connectivity index (χ3n) is 10.0. The first-order chi connectivity index (χ1) is 24.4. The van der Waals surface area contributed by atoms with Crippen molar-refractivity contribution < 1.29 is 34.2 Å². The Morgan fingerprint density at radius 3 is 2.34 bits per heavy atom. The van der Waals surface area contributed by atoms with Crippen molar-refractivity contribution >= 4 is 29.1 Å². The topological polar surface area (TPSA) is 153 Å². The van der Waals surface area contributed by atoms with E-state index >= 15 is 0 Å². The Labute approximate surface area is 292 Å². The Hall–Kier alpha value is -4.33. The maximum Gasteiger partial charge on any atom is 0.247 e. The quantitative estimate of drug-likeness (QED) is 0.0992. The molecule has 3 aliphatic rings. The van der Waals surface area contributed by atoms with Crippen LogP contribution in [0.25, 0.3) is 0 Å². The molecule has 0 saturated carbocycles. The molecule has 12 heteroatoms. The van der Waals surface area contributed by atoms with Gasteiger partial charge in [0, 0.05) is 55.8 Å². The third kappa shape index (κ3) is 8.51. The lowest BCUT2D eigenvalue weighted by Crippen LogP contribution is -2.57. The zero-order valence-corrected chi connectivity index (χ0v) is 28.3. The lowest BCUT2D eigenvalue weighted by Gasteiger charge is -2.45. The number of aliphatic hydroxyl groups excluding tert-OH is 1. The van der Waals surface area contributed by atoms with Crippen molar-refractivity contribution in [1.82, 2.24) is 15.7 Å². The smallest absolute Gasteiger partial charge is 0.247 e. The normalized spacial score (nSPS) is 21.9. The van der Waals surface area contributed by atoms with Gasteiger partial charge in [-0.25, -0.2) is 5.48 Å². The summed E-state index contributed by atoms with van der Waals surface area (Å²) in [7, 11) is 0. The molecule has 3 amide bonds. The number of nitrogens with zero attached hydrogens (tertiary/aromatic N) is 2. The number of hydrogen-bond donors (Lipinski definition) is 5. The molecule has 5 N–H and O–H groups in total. The van der Waals surface area contributed by atoms with Crippen LogP contribution in [0.4, 0.5) is 11.4 Å². The van der Waals surface area contributed by atoms with E-state index in [2.05, 4.69) is 32.6 Å². The van der Waals surface area contributed by atoms with Gasteiger partial charge in [-0.3, -0.25) is 19.6 Å². The van der Waals surface area contributed by atoms with Crippen LogP contribution in [0.15, 0.2) is 78.9 Å². The van der Waals surface area contributed by atoms with E-state index < -0.39 is 17.7 Å². The average Bonchev–Trinajstić information content (AvgIpc) is 3.46. The highest BCUT2D eigenvalue weighted by atomic mass is 16.7. The largest absolute Gasteiger partial charge is 0.392 e. The molecule has 1 spiro atoms. The van der Waals surface area contributed by atoms with E-state index in [4.69, 9.17) is 14.7 Å². The van der Waals surface area contributed by atoms with Crippen LogP contribution in [0, 0.1) is 0 Å². The van der Waals surface area contributed by atoms with Crippen molar-refractivity contribution in [1.29, 1.82) is 0 Å². The number of nitrogens with one attached hydrogen (secondary N) is 3. The number of aliphatic hydroxyl groups is 1. The lowest BCUT2D eigenvalue weighted by molar-refractivity contribution is -0.253. The number of unbranched alkanes of at least 4 members (excludes halogenated alkanes) is 2. The summed E-state index contributed by atoms with van der Waals surface area (Å²) >= 11 is 0. The molecule has 3 saturated heterocycles. The van der Waals surface area contributed by atoms with Crippen LogP contribution in [-0.2, 0) is 30.5 Å². The number of anilines is 2. The van der Waals surface area contributed by atoms with Crippen LogP contribution in [0.1, 0.15) is 80.5 Å². The van der Waals surface area contributed by atoms with E-state index in [0.717, 1.165) is 35.5 Å². The highest BCUT2D eigenvalue weighted by Crippen LogP contribution is 2.40. The van der Waals surface area contributed by atoms with Crippen molar-refractivity contribution in [2.75, 3.05) is 36.5 Å². The Bertz CT molecular complexity index is 1600. The number of rotatable bonds is 13. The molecule has 6 rings (SSSR count). The number of para-hydroxylation sites is 1. The number of piperidine rings is 1. The van der Waals surface area contributed by atoms with Gasteiger partial charge in [-0.2, -0.15) is 0 Å². The molecule has 3 fully saturated rings. The Kier molecular flexibility index (Phi) is 11.8. The number of carbonyl (C=O) groups excluding carboxylic acids is 3. The van der Waals surface area contributed by atoms with E-state index in [1.807, 2.05) is 66.7 Å². The van der Waals surface area contributed by atoms with Crippen LogP contribution in [0.5, 0.6) is 0 Å². The predicted octanol–water partition coefficient (Wildman–Crippen LogP) is 4.55. The average molecular weight is 686 g/mol. The molecular formula is C38H47N5O7. The molecule has 266 valence electrons. The number of amides is 3. The van der Waals surface area contributed by atoms with Crippen LogP contribution in [0.3, 0.4) is 0 Å². The van der Waals surface area contributed by atoms with Gasteiger partial charge in [0.2, 0.25) is 17.7 Å². The van der Waals surface area contributed by atoms with Crippen LogP contribution >= 0.6 is 0 Å². The first-order valence-corrected chi connectivity index (χ1v) is 17.5. The Balaban J connectivity index is 1.11. The molecule has 12 nitrogen and oxygen atoms in total. The van der Waals surface area contributed by atoms with Crippen molar-refractivity contribution in [3.05, 3.63) is 95.6 Å².